The molecule has 2 aromatic carbocycles. The number of esters is 1. The Hall–Kier alpha value is -3.68. The molecule has 8 nitrogen and oxygen atoms in total. The Balaban J connectivity index is 1.83. The van der Waals surface area contributed by atoms with Crippen LogP contribution >= 0.6 is 0 Å². The molecular weight excluding hydrogens is 386 g/mol. The number of rotatable bonds is 7. The molecule has 0 aliphatic carbocycles. The summed E-state index contributed by atoms with van der Waals surface area (Å²) in [7, 11) is 1.59. The molecule has 1 unspecified atom stereocenters. The van der Waals surface area contributed by atoms with E-state index in [2.05, 4.69) is 15.5 Å². The number of hydrogen-bond donors (Lipinski definition) is 1. The van der Waals surface area contributed by atoms with Gasteiger partial charge in [-0.1, -0.05) is 31.1 Å². The number of benzene rings is 2. The Morgan fingerprint density at radius 1 is 1.07 bits per heavy atom. The summed E-state index contributed by atoms with van der Waals surface area (Å²) in [5.41, 5.74) is 1.01. The number of carbonyl (C=O) groups excluding carboxylic acids is 2. The molecule has 3 aromatic rings. The van der Waals surface area contributed by atoms with E-state index >= 15 is 0 Å². The Bertz CT molecular complexity index is 1030. The van der Waals surface area contributed by atoms with Crippen molar-refractivity contribution in [3.05, 3.63) is 60.0 Å². The van der Waals surface area contributed by atoms with Crippen LogP contribution in [0.4, 0.5) is 0 Å². The average molecular weight is 409 g/mol. The maximum absolute atomic E-state index is 12.9. The van der Waals surface area contributed by atoms with Crippen molar-refractivity contribution in [2.45, 2.75) is 26.8 Å². The van der Waals surface area contributed by atoms with E-state index in [1.54, 1.807) is 43.5 Å². The third-order valence-electron chi connectivity index (χ3n) is 4.39. The Morgan fingerprint density at radius 3 is 2.40 bits per heavy atom. The molecule has 1 aromatic heterocycles. The molecule has 1 N–H and O–H groups in total. The number of carbonyl (C=O) groups is 2. The zero-order valence-electron chi connectivity index (χ0n) is 17.2. The van der Waals surface area contributed by atoms with Gasteiger partial charge in [-0.15, -0.1) is 0 Å². The van der Waals surface area contributed by atoms with Gasteiger partial charge in [0, 0.05) is 12.5 Å². The predicted molar refractivity (Wildman–Crippen MR) is 109 cm³/mol. The Labute approximate surface area is 174 Å². The molecule has 0 bridgehead atoms. The van der Waals surface area contributed by atoms with Crippen molar-refractivity contribution in [3.63, 3.8) is 0 Å². The summed E-state index contributed by atoms with van der Waals surface area (Å²) in [5, 5.41) is 6.93. The molecule has 0 spiro atoms. The number of hydrogen-bond acceptors (Lipinski definition) is 7. The van der Waals surface area contributed by atoms with Gasteiger partial charge in [0.15, 0.2) is 0 Å². The van der Waals surface area contributed by atoms with Gasteiger partial charge >= 0.3 is 5.97 Å². The van der Waals surface area contributed by atoms with Gasteiger partial charge in [0.1, 0.15) is 17.5 Å². The maximum atomic E-state index is 12.9. The zero-order valence-corrected chi connectivity index (χ0v) is 17.2. The largest absolute Gasteiger partial charge is 0.497 e. The number of para-hydroxylation sites is 1. The van der Waals surface area contributed by atoms with Crippen LogP contribution in [-0.2, 0) is 4.79 Å². The number of nitrogens with one attached hydrogen (secondary N) is 1. The normalized spacial score (nSPS) is 11.8. The van der Waals surface area contributed by atoms with E-state index in [4.69, 9.17) is 14.0 Å². The van der Waals surface area contributed by atoms with Gasteiger partial charge in [0.25, 0.3) is 5.91 Å². The van der Waals surface area contributed by atoms with Crippen molar-refractivity contribution >= 4 is 11.9 Å². The summed E-state index contributed by atoms with van der Waals surface area (Å²) in [5.74, 6) is 0.670. The molecule has 30 heavy (non-hydrogen) atoms. The predicted octanol–water partition coefficient (Wildman–Crippen LogP) is 3.80. The summed E-state index contributed by atoms with van der Waals surface area (Å²) >= 11 is 0. The Kier molecular flexibility index (Phi) is 6.46. The van der Waals surface area contributed by atoms with Crippen LogP contribution in [0.2, 0.25) is 0 Å². The molecule has 0 fully saturated rings. The lowest BCUT2D eigenvalue weighted by Gasteiger charge is -2.19. The molecule has 1 amide bonds. The van der Waals surface area contributed by atoms with E-state index in [1.165, 1.54) is 6.92 Å². The van der Waals surface area contributed by atoms with Gasteiger partial charge in [-0.25, -0.2) is 0 Å². The lowest BCUT2D eigenvalue weighted by Crippen LogP contribution is -2.32. The van der Waals surface area contributed by atoms with Gasteiger partial charge in [-0.05, 0) is 42.3 Å². The van der Waals surface area contributed by atoms with Gasteiger partial charge in [-0.2, -0.15) is 4.98 Å². The van der Waals surface area contributed by atoms with Crippen LogP contribution in [0.15, 0.2) is 53.1 Å². The molecule has 0 aliphatic heterocycles. The SMILES string of the molecule is COc1ccc(-c2noc(C(NC(=O)c3ccccc3OC(C)=O)C(C)C)n2)cc1. The second-order valence-electron chi connectivity index (χ2n) is 6.97. The van der Waals surface area contributed by atoms with Gasteiger partial charge in [-0.3, -0.25) is 9.59 Å². The zero-order chi connectivity index (χ0) is 21.7. The molecule has 0 radical (unpaired) electrons. The van der Waals surface area contributed by atoms with Gasteiger partial charge in [0.2, 0.25) is 11.7 Å². The van der Waals surface area contributed by atoms with Crippen molar-refractivity contribution in [2.24, 2.45) is 5.92 Å². The average Bonchev–Trinajstić information content (AvgIpc) is 3.21. The minimum atomic E-state index is -0.526. The number of nitrogens with zero attached hydrogens (tertiary/aromatic N) is 2. The van der Waals surface area contributed by atoms with Crippen molar-refractivity contribution in [2.75, 3.05) is 7.11 Å². The quantitative estimate of drug-likeness (QED) is 0.467. The third kappa shape index (κ3) is 4.83. The molecule has 8 heteroatoms. The Morgan fingerprint density at radius 2 is 1.77 bits per heavy atom. The summed E-state index contributed by atoms with van der Waals surface area (Å²) < 4.78 is 15.7. The van der Waals surface area contributed by atoms with E-state index in [1.807, 2.05) is 26.0 Å². The fraction of sp³-hybridized carbons (Fsp3) is 0.273. The molecule has 1 heterocycles. The minimum Gasteiger partial charge on any atom is -0.497 e. The number of ether oxygens (including phenoxy) is 2. The highest BCUT2D eigenvalue weighted by Gasteiger charge is 2.26. The molecule has 3 rings (SSSR count). The lowest BCUT2D eigenvalue weighted by molar-refractivity contribution is -0.131. The van der Waals surface area contributed by atoms with Crippen LogP contribution in [0, 0.1) is 5.92 Å². The van der Waals surface area contributed by atoms with E-state index in [0.29, 0.717) is 5.82 Å². The lowest BCUT2D eigenvalue weighted by atomic mass is 10.0. The monoisotopic (exact) mass is 409 g/mol. The summed E-state index contributed by atoms with van der Waals surface area (Å²) in [4.78, 5) is 28.7. The minimum absolute atomic E-state index is 0.0287. The van der Waals surface area contributed by atoms with Gasteiger partial charge in [0.05, 0.1) is 12.7 Å². The van der Waals surface area contributed by atoms with Crippen LogP contribution in [0.3, 0.4) is 0 Å². The van der Waals surface area contributed by atoms with Crippen LogP contribution in [0.25, 0.3) is 11.4 Å². The smallest absolute Gasteiger partial charge is 0.308 e. The second-order valence-corrected chi connectivity index (χ2v) is 6.97. The van der Waals surface area contributed by atoms with Crippen LogP contribution in [0.5, 0.6) is 11.5 Å². The van der Waals surface area contributed by atoms with E-state index < -0.39 is 17.9 Å². The molecule has 156 valence electrons. The molecule has 0 saturated carbocycles. The first-order valence-corrected chi connectivity index (χ1v) is 9.45. The summed E-state index contributed by atoms with van der Waals surface area (Å²) in [6.07, 6.45) is 0. The van der Waals surface area contributed by atoms with Crippen LogP contribution in [-0.4, -0.2) is 29.1 Å². The van der Waals surface area contributed by atoms with Crippen molar-refractivity contribution < 1.29 is 23.6 Å². The first-order chi connectivity index (χ1) is 14.4. The highest BCUT2D eigenvalue weighted by atomic mass is 16.5. The molecule has 0 saturated heterocycles. The highest BCUT2D eigenvalue weighted by molar-refractivity contribution is 5.97. The molecule has 1 atom stereocenters. The summed E-state index contributed by atoms with van der Waals surface area (Å²) in [6, 6.07) is 13.3. The fourth-order valence-electron chi connectivity index (χ4n) is 2.85. The van der Waals surface area contributed by atoms with Crippen molar-refractivity contribution in [1.29, 1.82) is 0 Å². The maximum Gasteiger partial charge on any atom is 0.308 e. The van der Waals surface area contributed by atoms with Crippen LogP contribution < -0.4 is 14.8 Å². The van der Waals surface area contributed by atoms with E-state index in [0.717, 1.165) is 11.3 Å². The third-order valence-corrected chi connectivity index (χ3v) is 4.39. The van der Waals surface area contributed by atoms with Crippen LogP contribution in [0.1, 0.15) is 43.1 Å². The highest BCUT2D eigenvalue weighted by Crippen LogP contribution is 2.26. The molecular formula is C22H23N3O5. The van der Waals surface area contributed by atoms with E-state index in [-0.39, 0.29) is 23.1 Å². The molecule has 0 aliphatic rings. The summed E-state index contributed by atoms with van der Waals surface area (Å²) in [6.45, 7) is 5.14. The number of aromatic nitrogens is 2. The second kappa shape index (κ2) is 9.21. The number of methoxy groups -OCH3 is 1. The van der Waals surface area contributed by atoms with Gasteiger partial charge < -0.3 is 19.3 Å². The topological polar surface area (TPSA) is 104 Å². The first kappa shape index (κ1) is 21.0. The van der Waals surface area contributed by atoms with Crippen molar-refractivity contribution in [3.8, 4) is 22.9 Å². The van der Waals surface area contributed by atoms with E-state index in [9.17, 15) is 9.59 Å². The standard InChI is InChI=1S/C22H23N3O5/c1-13(2)19(23-21(27)17-7-5-6-8-18(17)29-14(3)26)22-24-20(25-30-22)15-9-11-16(28-4)12-10-15/h5-13,19H,1-4H3,(H,23,27). The fourth-order valence-corrected chi connectivity index (χ4v) is 2.85. The van der Waals surface area contributed by atoms with Crippen molar-refractivity contribution in [1.82, 2.24) is 15.5 Å². The number of amides is 1. The first-order valence-electron chi connectivity index (χ1n) is 9.45.